The second kappa shape index (κ2) is 5.48. The Morgan fingerprint density at radius 1 is 1.14 bits per heavy atom. The number of ether oxygens (including phenoxy) is 2. The first kappa shape index (κ1) is 13.5. The first-order valence-corrected chi connectivity index (χ1v) is 6.98. The van der Waals surface area contributed by atoms with E-state index in [1.807, 2.05) is 38.1 Å². The van der Waals surface area contributed by atoms with Crippen molar-refractivity contribution in [3.63, 3.8) is 0 Å². The number of para-hydroxylation sites is 1. The van der Waals surface area contributed by atoms with Crippen LogP contribution in [0.3, 0.4) is 0 Å². The van der Waals surface area contributed by atoms with Crippen LogP contribution >= 0.6 is 0 Å². The van der Waals surface area contributed by atoms with Crippen LogP contribution in [-0.4, -0.2) is 19.2 Å². The van der Waals surface area contributed by atoms with Gasteiger partial charge in [0.1, 0.15) is 0 Å². The maximum absolute atomic E-state index is 12.8. The fraction of sp³-hybridized carbons (Fsp3) is 0.235. The number of carbonyl (C=O) groups is 1. The van der Waals surface area contributed by atoms with Gasteiger partial charge in [0.25, 0.3) is 5.91 Å². The summed E-state index contributed by atoms with van der Waals surface area (Å²) in [6.45, 7) is 4.79. The molecule has 0 unspecified atom stereocenters. The molecular weight excluding hydrogens is 266 g/mol. The third-order valence-corrected chi connectivity index (χ3v) is 3.59. The monoisotopic (exact) mass is 283 g/mol. The minimum atomic E-state index is -0.0369. The van der Waals surface area contributed by atoms with Gasteiger partial charge in [-0.2, -0.15) is 0 Å². The Hall–Kier alpha value is -2.49. The maximum Gasteiger partial charge on any atom is 0.258 e. The number of rotatable bonds is 3. The minimum absolute atomic E-state index is 0.0369. The minimum Gasteiger partial charge on any atom is -0.454 e. The van der Waals surface area contributed by atoms with Gasteiger partial charge < -0.3 is 14.4 Å². The molecule has 4 nitrogen and oxygen atoms in total. The van der Waals surface area contributed by atoms with Crippen LogP contribution in [0.5, 0.6) is 11.5 Å². The molecule has 4 heteroatoms. The molecule has 1 aliphatic heterocycles. The van der Waals surface area contributed by atoms with Crippen molar-refractivity contribution in [2.75, 3.05) is 18.2 Å². The van der Waals surface area contributed by atoms with E-state index >= 15 is 0 Å². The standard InChI is InChI=1S/C17H17NO3/c1-3-18(14-7-5-4-6-12(14)2)17(19)13-8-9-15-16(10-13)21-11-20-15/h4-10H,3,11H2,1-2H3. The van der Waals surface area contributed by atoms with Crippen molar-refractivity contribution in [1.82, 2.24) is 0 Å². The van der Waals surface area contributed by atoms with E-state index in [-0.39, 0.29) is 12.7 Å². The van der Waals surface area contributed by atoms with E-state index in [9.17, 15) is 4.79 Å². The van der Waals surface area contributed by atoms with E-state index in [0.29, 0.717) is 23.6 Å². The van der Waals surface area contributed by atoms with E-state index in [2.05, 4.69) is 0 Å². The van der Waals surface area contributed by atoms with Gasteiger partial charge in [0.15, 0.2) is 11.5 Å². The fourth-order valence-electron chi connectivity index (χ4n) is 2.48. The zero-order chi connectivity index (χ0) is 14.8. The highest BCUT2D eigenvalue weighted by atomic mass is 16.7. The summed E-state index contributed by atoms with van der Waals surface area (Å²) in [4.78, 5) is 14.5. The number of anilines is 1. The third-order valence-electron chi connectivity index (χ3n) is 3.59. The highest BCUT2D eigenvalue weighted by Crippen LogP contribution is 2.33. The van der Waals surface area contributed by atoms with E-state index in [4.69, 9.17) is 9.47 Å². The lowest BCUT2D eigenvalue weighted by Gasteiger charge is -2.23. The molecule has 2 aromatic rings. The molecule has 0 fully saturated rings. The Morgan fingerprint density at radius 3 is 2.67 bits per heavy atom. The van der Waals surface area contributed by atoms with Gasteiger partial charge in [-0.1, -0.05) is 18.2 Å². The van der Waals surface area contributed by atoms with Crippen LogP contribution in [0.25, 0.3) is 0 Å². The quantitative estimate of drug-likeness (QED) is 0.866. The predicted molar refractivity (Wildman–Crippen MR) is 81.1 cm³/mol. The van der Waals surface area contributed by atoms with Gasteiger partial charge in [-0.05, 0) is 43.7 Å². The van der Waals surface area contributed by atoms with Crippen molar-refractivity contribution in [2.45, 2.75) is 13.8 Å². The van der Waals surface area contributed by atoms with Gasteiger partial charge in [-0.15, -0.1) is 0 Å². The van der Waals surface area contributed by atoms with Crippen LogP contribution in [0.1, 0.15) is 22.8 Å². The Morgan fingerprint density at radius 2 is 1.90 bits per heavy atom. The van der Waals surface area contributed by atoms with E-state index < -0.39 is 0 Å². The van der Waals surface area contributed by atoms with Crippen molar-refractivity contribution in [1.29, 1.82) is 0 Å². The molecule has 0 N–H and O–H groups in total. The second-order valence-electron chi connectivity index (χ2n) is 4.90. The number of fused-ring (bicyclic) bond motifs is 1. The summed E-state index contributed by atoms with van der Waals surface area (Å²) in [5.74, 6) is 1.28. The van der Waals surface area contributed by atoms with E-state index in [1.165, 1.54) is 0 Å². The Balaban J connectivity index is 1.94. The lowest BCUT2D eigenvalue weighted by atomic mass is 10.1. The molecule has 1 aliphatic rings. The van der Waals surface area contributed by atoms with Gasteiger partial charge >= 0.3 is 0 Å². The lowest BCUT2D eigenvalue weighted by molar-refractivity contribution is 0.0987. The number of nitrogens with zero attached hydrogens (tertiary/aromatic N) is 1. The molecular formula is C17H17NO3. The van der Waals surface area contributed by atoms with Gasteiger partial charge in [0.2, 0.25) is 6.79 Å². The first-order valence-electron chi connectivity index (χ1n) is 6.98. The van der Waals surface area contributed by atoms with Crippen LogP contribution in [0.4, 0.5) is 5.69 Å². The summed E-state index contributed by atoms with van der Waals surface area (Å²) in [5.41, 5.74) is 2.61. The predicted octanol–water partition coefficient (Wildman–Crippen LogP) is 3.39. The SMILES string of the molecule is CCN(C(=O)c1ccc2c(c1)OCO2)c1ccccc1C. The van der Waals surface area contributed by atoms with Crippen LogP contribution < -0.4 is 14.4 Å². The average molecular weight is 283 g/mol. The number of hydrogen-bond donors (Lipinski definition) is 0. The van der Waals surface area contributed by atoms with Crippen LogP contribution in [-0.2, 0) is 0 Å². The molecule has 21 heavy (non-hydrogen) atoms. The van der Waals surface area contributed by atoms with Crippen LogP contribution in [0.2, 0.25) is 0 Å². The summed E-state index contributed by atoms with van der Waals surface area (Å²) >= 11 is 0. The summed E-state index contributed by atoms with van der Waals surface area (Å²) in [6.07, 6.45) is 0. The maximum atomic E-state index is 12.8. The normalized spacial score (nSPS) is 12.3. The molecule has 3 rings (SSSR count). The molecule has 108 valence electrons. The zero-order valence-corrected chi connectivity index (χ0v) is 12.1. The molecule has 1 heterocycles. The summed E-state index contributed by atoms with van der Waals surface area (Å²) in [6, 6.07) is 13.2. The number of carbonyl (C=O) groups excluding carboxylic acids is 1. The average Bonchev–Trinajstić information content (AvgIpc) is 2.97. The Labute approximate surface area is 123 Å². The molecule has 0 atom stereocenters. The number of benzene rings is 2. The van der Waals surface area contributed by atoms with Gasteiger partial charge in [-0.3, -0.25) is 4.79 Å². The largest absolute Gasteiger partial charge is 0.454 e. The first-order chi connectivity index (χ1) is 10.2. The molecule has 2 aromatic carbocycles. The molecule has 0 saturated carbocycles. The van der Waals surface area contributed by atoms with Crippen molar-refractivity contribution < 1.29 is 14.3 Å². The summed E-state index contributed by atoms with van der Waals surface area (Å²) in [5, 5.41) is 0. The Kier molecular flexibility index (Phi) is 3.52. The smallest absolute Gasteiger partial charge is 0.258 e. The second-order valence-corrected chi connectivity index (χ2v) is 4.90. The molecule has 0 aliphatic carbocycles. The number of aryl methyl sites for hydroxylation is 1. The van der Waals surface area contributed by atoms with Crippen LogP contribution in [0.15, 0.2) is 42.5 Å². The molecule has 0 spiro atoms. The third kappa shape index (κ3) is 2.44. The highest BCUT2D eigenvalue weighted by molar-refractivity contribution is 6.06. The molecule has 0 aromatic heterocycles. The topological polar surface area (TPSA) is 38.8 Å². The van der Waals surface area contributed by atoms with Crippen molar-refractivity contribution in [3.05, 3.63) is 53.6 Å². The molecule has 1 amide bonds. The van der Waals surface area contributed by atoms with E-state index in [0.717, 1.165) is 11.3 Å². The summed E-state index contributed by atoms with van der Waals surface area (Å²) in [7, 11) is 0. The molecule has 0 bridgehead atoms. The highest BCUT2D eigenvalue weighted by Gasteiger charge is 2.21. The lowest BCUT2D eigenvalue weighted by Crippen LogP contribution is -2.31. The molecule has 0 saturated heterocycles. The van der Waals surface area contributed by atoms with Crippen molar-refractivity contribution >= 4 is 11.6 Å². The molecule has 0 radical (unpaired) electrons. The van der Waals surface area contributed by atoms with Gasteiger partial charge in [0.05, 0.1) is 0 Å². The van der Waals surface area contributed by atoms with E-state index in [1.54, 1.807) is 23.1 Å². The summed E-state index contributed by atoms with van der Waals surface area (Å²) < 4.78 is 10.6. The number of amides is 1. The van der Waals surface area contributed by atoms with Gasteiger partial charge in [0, 0.05) is 17.8 Å². The van der Waals surface area contributed by atoms with Crippen molar-refractivity contribution in [3.8, 4) is 11.5 Å². The Bertz CT molecular complexity index is 681. The zero-order valence-electron chi connectivity index (χ0n) is 12.1. The number of hydrogen-bond acceptors (Lipinski definition) is 3. The fourth-order valence-corrected chi connectivity index (χ4v) is 2.48. The van der Waals surface area contributed by atoms with Crippen LogP contribution in [0, 0.1) is 6.92 Å². The van der Waals surface area contributed by atoms with Crippen molar-refractivity contribution in [2.24, 2.45) is 0 Å². The van der Waals surface area contributed by atoms with Gasteiger partial charge in [-0.25, -0.2) is 0 Å².